The van der Waals surface area contributed by atoms with E-state index in [1.807, 2.05) is 24.3 Å². The lowest BCUT2D eigenvalue weighted by atomic mass is 10.0. The van der Waals surface area contributed by atoms with Crippen molar-refractivity contribution in [1.82, 2.24) is 20.0 Å². The third-order valence-electron chi connectivity index (χ3n) is 5.80. The molecule has 0 spiro atoms. The predicted octanol–water partition coefficient (Wildman–Crippen LogP) is 2.78. The Balaban J connectivity index is 1.44. The van der Waals surface area contributed by atoms with E-state index in [0.29, 0.717) is 17.6 Å². The van der Waals surface area contributed by atoms with Crippen molar-refractivity contribution in [2.24, 2.45) is 7.05 Å². The van der Waals surface area contributed by atoms with Gasteiger partial charge in [-0.05, 0) is 43.1 Å². The van der Waals surface area contributed by atoms with Crippen LogP contribution in [0.5, 0.6) is 0 Å². The van der Waals surface area contributed by atoms with Gasteiger partial charge in [-0.2, -0.15) is 5.10 Å². The first-order valence-corrected chi connectivity index (χ1v) is 10.6. The number of carbonyl (C=O) groups is 1. The van der Waals surface area contributed by atoms with E-state index in [1.165, 1.54) is 29.5 Å². The normalized spacial score (nSPS) is 14.7. The van der Waals surface area contributed by atoms with Crippen molar-refractivity contribution in [2.45, 2.75) is 38.8 Å². The van der Waals surface area contributed by atoms with E-state index in [1.54, 1.807) is 13.1 Å². The standard InChI is InChI=1S/C24H28N4O2/c1-27-24(30)21-12-6-5-11-20(21)22(26-27)15-23(29)25-16-18-9-3-4-10-19(18)17-28-13-7-2-8-14-28/h3-6,9-12H,2,7-8,13-17H2,1H3,(H,25,29). The molecule has 0 radical (unpaired) electrons. The molecule has 6 nitrogen and oxygen atoms in total. The van der Waals surface area contributed by atoms with E-state index < -0.39 is 0 Å². The number of nitrogens with zero attached hydrogens (tertiary/aromatic N) is 3. The summed E-state index contributed by atoms with van der Waals surface area (Å²) in [5, 5.41) is 8.69. The summed E-state index contributed by atoms with van der Waals surface area (Å²) in [6.45, 7) is 3.71. The van der Waals surface area contributed by atoms with Crippen LogP contribution in [-0.2, 0) is 31.4 Å². The molecule has 1 aromatic heterocycles. The summed E-state index contributed by atoms with van der Waals surface area (Å²) >= 11 is 0. The second kappa shape index (κ2) is 9.22. The number of piperidine rings is 1. The van der Waals surface area contributed by atoms with E-state index in [4.69, 9.17) is 0 Å². The molecule has 0 bridgehead atoms. The largest absolute Gasteiger partial charge is 0.352 e. The van der Waals surface area contributed by atoms with E-state index in [-0.39, 0.29) is 17.9 Å². The molecule has 1 aliphatic heterocycles. The maximum atomic E-state index is 12.7. The number of hydrogen-bond acceptors (Lipinski definition) is 4. The molecule has 156 valence electrons. The van der Waals surface area contributed by atoms with Crippen LogP contribution in [0.2, 0.25) is 0 Å². The van der Waals surface area contributed by atoms with E-state index in [9.17, 15) is 9.59 Å². The van der Waals surface area contributed by atoms with Gasteiger partial charge in [0.1, 0.15) is 0 Å². The Labute approximate surface area is 176 Å². The molecule has 2 heterocycles. The number of carbonyl (C=O) groups excluding carboxylic acids is 1. The van der Waals surface area contributed by atoms with Crippen molar-refractivity contribution in [2.75, 3.05) is 13.1 Å². The fourth-order valence-corrected chi connectivity index (χ4v) is 4.16. The molecule has 1 aliphatic rings. The van der Waals surface area contributed by atoms with Gasteiger partial charge >= 0.3 is 0 Å². The van der Waals surface area contributed by atoms with Crippen molar-refractivity contribution in [3.8, 4) is 0 Å². The maximum absolute atomic E-state index is 12.7. The van der Waals surface area contributed by atoms with Crippen molar-refractivity contribution in [3.05, 3.63) is 75.7 Å². The van der Waals surface area contributed by atoms with Crippen molar-refractivity contribution >= 4 is 16.7 Å². The van der Waals surface area contributed by atoms with Crippen molar-refractivity contribution < 1.29 is 4.79 Å². The smallest absolute Gasteiger partial charge is 0.274 e. The minimum absolute atomic E-state index is 0.0981. The Morgan fingerprint density at radius 2 is 1.63 bits per heavy atom. The quantitative estimate of drug-likeness (QED) is 0.686. The average Bonchev–Trinajstić information content (AvgIpc) is 2.77. The van der Waals surface area contributed by atoms with Gasteiger partial charge in [-0.15, -0.1) is 0 Å². The zero-order chi connectivity index (χ0) is 20.9. The number of amides is 1. The molecule has 2 aromatic carbocycles. The van der Waals surface area contributed by atoms with Crippen LogP contribution in [0.3, 0.4) is 0 Å². The van der Waals surface area contributed by atoms with Crippen LogP contribution in [0.1, 0.15) is 36.1 Å². The minimum Gasteiger partial charge on any atom is -0.352 e. The van der Waals surface area contributed by atoms with Crippen LogP contribution in [-0.4, -0.2) is 33.7 Å². The molecule has 0 aliphatic carbocycles. The van der Waals surface area contributed by atoms with Crippen LogP contribution < -0.4 is 10.9 Å². The molecule has 0 unspecified atom stereocenters. The van der Waals surface area contributed by atoms with Crippen molar-refractivity contribution in [1.29, 1.82) is 0 Å². The third-order valence-corrected chi connectivity index (χ3v) is 5.80. The van der Waals surface area contributed by atoms with Gasteiger partial charge < -0.3 is 5.32 Å². The first-order valence-electron chi connectivity index (χ1n) is 10.6. The molecular formula is C24H28N4O2. The lowest BCUT2D eigenvalue weighted by Crippen LogP contribution is -2.30. The second-order valence-corrected chi connectivity index (χ2v) is 7.98. The minimum atomic E-state index is -0.151. The van der Waals surface area contributed by atoms with Crippen LogP contribution >= 0.6 is 0 Å². The highest BCUT2D eigenvalue weighted by molar-refractivity contribution is 5.88. The Morgan fingerprint density at radius 1 is 0.967 bits per heavy atom. The van der Waals surface area contributed by atoms with Gasteiger partial charge in [-0.3, -0.25) is 14.5 Å². The SMILES string of the molecule is Cn1nc(CC(=O)NCc2ccccc2CN2CCCCC2)c2ccccc2c1=O. The highest BCUT2D eigenvalue weighted by Crippen LogP contribution is 2.17. The molecule has 30 heavy (non-hydrogen) atoms. The van der Waals surface area contributed by atoms with Gasteiger partial charge in [0.2, 0.25) is 5.91 Å². The number of fused-ring (bicyclic) bond motifs is 1. The van der Waals surface area contributed by atoms with Crippen LogP contribution in [0.4, 0.5) is 0 Å². The zero-order valence-corrected chi connectivity index (χ0v) is 17.4. The van der Waals surface area contributed by atoms with Crippen molar-refractivity contribution in [3.63, 3.8) is 0 Å². The number of nitrogens with one attached hydrogen (secondary N) is 1. The van der Waals surface area contributed by atoms with E-state index in [2.05, 4.69) is 33.5 Å². The number of aromatic nitrogens is 2. The zero-order valence-electron chi connectivity index (χ0n) is 17.4. The number of rotatable bonds is 6. The number of hydrogen-bond donors (Lipinski definition) is 1. The first-order chi connectivity index (χ1) is 14.6. The Bertz CT molecular complexity index is 1100. The van der Waals surface area contributed by atoms with Gasteiger partial charge in [0, 0.05) is 25.5 Å². The van der Waals surface area contributed by atoms with Gasteiger partial charge in [-0.1, -0.05) is 48.9 Å². The molecule has 0 saturated carbocycles. The monoisotopic (exact) mass is 404 g/mol. The predicted molar refractivity (Wildman–Crippen MR) is 118 cm³/mol. The van der Waals surface area contributed by atoms with Gasteiger partial charge in [0.15, 0.2) is 0 Å². The lowest BCUT2D eigenvalue weighted by molar-refractivity contribution is -0.120. The van der Waals surface area contributed by atoms with Gasteiger partial charge in [-0.25, -0.2) is 4.68 Å². The molecule has 1 fully saturated rings. The van der Waals surface area contributed by atoms with Gasteiger partial charge in [0.25, 0.3) is 5.56 Å². The highest BCUT2D eigenvalue weighted by Gasteiger charge is 2.14. The fraction of sp³-hybridized carbons (Fsp3) is 0.375. The first kappa shape index (κ1) is 20.3. The molecule has 1 N–H and O–H groups in total. The molecular weight excluding hydrogens is 376 g/mol. The summed E-state index contributed by atoms with van der Waals surface area (Å²) in [4.78, 5) is 27.4. The summed E-state index contributed by atoms with van der Waals surface area (Å²) in [6, 6.07) is 15.6. The van der Waals surface area contributed by atoms with E-state index in [0.717, 1.165) is 30.6 Å². The summed E-state index contributed by atoms with van der Waals surface area (Å²) in [6.07, 6.45) is 3.99. The fourth-order valence-electron chi connectivity index (χ4n) is 4.16. The van der Waals surface area contributed by atoms with E-state index >= 15 is 0 Å². The van der Waals surface area contributed by atoms with Crippen LogP contribution in [0.25, 0.3) is 10.8 Å². The topological polar surface area (TPSA) is 67.2 Å². The molecule has 3 aromatic rings. The lowest BCUT2D eigenvalue weighted by Gasteiger charge is -2.27. The van der Waals surface area contributed by atoms with Crippen LogP contribution in [0, 0.1) is 0 Å². The second-order valence-electron chi connectivity index (χ2n) is 7.98. The highest BCUT2D eigenvalue weighted by atomic mass is 16.1. The Morgan fingerprint density at radius 3 is 2.40 bits per heavy atom. The van der Waals surface area contributed by atoms with Gasteiger partial charge in [0.05, 0.1) is 17.5 Å². The molecule has 1 amide bonds. The number of benzene rings is 2. The molecule has 6 heteroatoms. The summed E-state index contributed by atoms with van der Waals surface area (Å²) in [7, 11) is 1.62. The molecule has 1 saturated heterocycles. The number of likely N-dealkylation sites (tertiary alicyclic amines) is 1. The summed E-state index contributed by atoms with van der Waals surface area (Å²) < 4.78 is 1.30. The molecule has 0 atom stereocenters. The molecule has 4 rings (SSSR count). The number of aryl methyl sites for hydroxylation is 1. The Kier molecular flexibility index (Phi) is 6.23. The Hall–Kier alpha value is -2.99. The van der Waals surface area contributed by atoms with Crippen LogP contribution in [0.15, 0.2) is 53.3 Å². The third kappa shape index (κ3) is 4.60. The summed E-state index contributed by atoms with van der Waals surface area (Å²) in [5.74, 6) is -0.0981. The average molecular weight is 405 g/mol. The summed E-state index contributed by atoms with van der Waals surface area (Å²) in [5.41, 5.74) is 2.88. The maximum Gasteiger partial charge on any atom is 0.274 e.